The van der Waals surface area contributed by atoms with E-state index in [4.69, 9.17) is 0 Å². The van der Waals surface area contributed by atoms with Gasteiger partial charge in [0.15, 0.2) is 0 Å². The minimum absolute atomic E-state index is 0.433. The molecule has 0 fully saturated rings. The summed E-state index contributed by atoms with van der Waals surface area (Å²) in [7, 11) is 0. The Kier molecular flexibility index (Phi) is 7.82. The fourth-order valence-electron chi connectivity index (χ4n) is 7.80. The van der Waals surface area contributed by atoms with Crippen LogP contribution in [0.5, 0.6) is 0 Å². The maximum Gasteiger partial charge on any atom is 0.416 e. The lowest BCUT2D eigenvalue weighted by molar-refractivity contribution is -0.138. The van der Waals surface area contributed by atoms with Crippen molar-refractivity contribution in [2.45, 2.75) is 12.4 Å². The Morgan fingerprint density at radius 2 is 0.648 bits per heavy atom. The molecule has 0 unspecified atom stereocenters. The maximum atomic E-state index is 13.9. The summed E-state index contributed by atoms with van der Waals surface area (Å²) in [5.41, 5.74) is 4.27. The predicted molar refractivity (Wildman–Crippen MR) is 208 cm³/mol. The molecule has 0 atom stereocenters. The first-order valence-electron chi connectivity index (χ1n) is 17.4. The van der Waals surface area contributed by atoms with Crippen molar-refractivity contribution in [3.63, 3.8) is 0 Å². The van der Waals surface area contributed by atoms with Crippen LogP contribution < -0.4 is 0 Å². The molecule has 0 amide bonds. The van der Waals surface area contributed by atoms with Crippen LogP contribution in [-0.4, -0.2) is 0 Å². The smallest absolute Gasteiger partial charge is 0.166 e. The fourth-order valence-corrected chi connectivity index (χ4v) is 7.80. The Labute approximate surface area is 306 Å². The van der Waals surface area contributed by atoms with Crippen molar-refractivity contribution in [3.05, 3.63) is 181 Å². The molecule has 9 aromatic rings. The molecule has 0 aromatic heterocycles. The van der Waals surface area contributed by atoms with Crippen LogP contribution in [0.15, 0.2) is 170 Å². The Hall–Kier alpha value is -6.40. The van der Waals surface area contributed by atoms with E-state index in [0.29, 0.717) is 22.3 Å². The van der Waals surface area contributed by atoms with E-state index in [1.807, 2.05) is 109 Å². The lowest BCUT2D eigenvalue weighted by Gasteiger charge is -2.21. The zero-order chi connectivity index (χ0) is 37.2. The van der Waals surface area contributed by atoms with Gasteiger partial charge < -0.3 is 0 Å². The number of hydrogen-bond acceptors (Lipinski definition) is 0. The number of benzene rings is 9. The lowest BCUT2D eigenvalue weighted by Crippen LogP contribution is -2.04. The second-order valence-corrected chi connectivity index (χ2v) is 13.5. The molecule has 0 nitrogen and oxygen atoms in total. The van der Waals surface area contributed by atoms with E-state index in [1.165, 1.54) is 24.3 Å². The van der Waals surface area contributed by atoms with Gasteiger partial charge in [0, 0.05) is 0 Å². The third kappa shape index (κ3) is 5.75. The van der Waals surface area contributed by atoms with E-state index >= 15 is 0 Å². The normalized spacial score (nSPS) is 12.3. The van der Waals surface area contributed by atoms with E-state index in [9.17, 15) is 26.3 Å². The minimum Gasteiger partial charge on any atom is -0.166 e. The quantitative estimate of drug-likeness (QED) is 0.126. The van der Waals surface area contributed by atoms with Crippen LogP contribution in [0.2, 0.25) is 0 Å². The van der Waals surface area contributed by atoms with E-state index < -0.39 is 23.5 Å². The van der Waals surface area contributed by atoms with Crippen LogP contribution in [0.4, 0.5) is 26.3 Å². The van der Waals surface area contributed by atoms with Crippen molar-refractivity contribution in [1.29, 1.82) is 0 Å². The zero-order valence-corrected chi connectivity index (χ0v) is 28.4. The monoisotopic (exact) mass is 718 g/mol. The molecule has 0 N–H and O–H groups in total. The van der Waals surface area contributed by atoms with Crippen molar-refractivity contribution < 1.29 is 26.3 Å². The first-order chi connectivity index (χ1) is 26.0. The number of fused-ring (bicyclic) bond motifs is 4. The summed E-state index contributed by atoms with van der Waals surface area (Å²) in [5, 5.41) is 7.41. The summed E-state index contributed by atoms with van der Waals surface area (Å²) in [6, 6.07) is 50.5. The number of alkyl halides is 6. The first kappa shape index (κ1) is 33.4. The standard InChI is InChI=1S/C48H28F6/c49-47(50,51)35-15-5-13-31(25-35)33-22-24-42-43(27-33)45(39-19-7-11-29-9-1-3-17-37(29)39)41-23-21-34(32-14-6-16-36(26-32)48(52,53)54)28-44(41)46(42)40-20-8-12-30-10-2-4-18-38(30)40/h1-28H. The molecule has 0 aliphatic heterocycles. The molecule has 54 heavy (non-hydrogen) atoms. The third-order valence-electron chi connectivity index (χ3n) is 10.3. The molecule has 0 aliphatic carbocycles. The Morgan fingerprint density at radius 3 is 1.07 bits per heavy atom. The maximum absolute atomic E-state index is 13.9. The Morgan fingerprint density at radius 1 is 0.278 bits per heavy atom. The molecule has 262 valence electrons. The summed E-state index contributed by atoms with van der Waals surface area (Å²) in [4.78, 5) is 0. The third-order valence-corrected chi connectivity index (χ3v) is 10.3. The van der Waals surface area contributed by atoms with Crippen LogP contribution in [0.1, 0.15) is 11.1 Å². The lowest BCUT2D eigenvalue weighted by atomic mass is 9.82. The second kappa shape index (κ2) is 12.6. The van der Waals surface area contributed by atoms with Gasteiger partial charge in [-0.25, -0.2) is 0 Å². The van der Waals surface area contributed by atoms with Crippen LogP contribution in [0, 0.1) is 0 Å². The molecule has 0 saturated heterocycles. The predicted octanol–water partition coefficient (Wildman–Crippen LogP) is 15.0. The number of hydrogen-bond donors (Lipinski definition) is 0. The molecule has 0 spiro atoms. The molecule has 0 saturated carbocycles. The highest BCUT2D eigenvalue weighted by molar-refractivity contribution is 6.26. The molecule has 0 radical (unpaired) electrons. The average molecular weight is 719 g/mol. The highest BCUT2D eigenvalue weighted by Gasteiger charge is 2.31. The molecule has 0 bridgehead atoms. The number of halogens is 6. The van der Waals surface area contributed by atoms with Gasteiger partial charge in [0.2, 0.25) is 0 Å². The largest absolute Gasteiger partial charge is 0.416 e. The van der Waals surface area contributed by atoms with Gasteiger partial charge in [-0.1, -0.05) is 133 Å². The second-order valence-electron chi connectivity index (χ2n) is 13.5. The number of rotatable bonds is 4. The molecular formula is C48H28F6. The van der Waals surface area contributed by atoms with Gasteiger partial charge in [0.05, 0.1) is 11.1 Å². The topological polar surface area (TPSA) is 0 Å². The van der Waals surface area contributed by atoms with Crippen molar-refractivity contribution >= 4 is 43.1 Å². The van der Waals surface area contributed by atoms with Gasteiger partial charge in [-0.2, -0.15) is 26.3 Å². The summed E-state index contributed by atoms with van der Waals surface area (Å²) in [5.74, 6) is 0. The van der Waals surface area contributed by atoms with Crippen LogP contribution >= 0.6 is 0 Å². The minimum atomic E-state index is -4.50. The van der Waals surface area contributed by atoms with Crippen molar-refractivity contribution in [1.82, 2.24) is 0 Å². The molecule has 9 rings (SSSR count). The van der Waals surface area contributed by atoms with Gasteiger partial charge in [-0.3, -0.25) is 0 Å². The van der Waals surface area contributed by atoms with Gasteiger partial charge in [0.1, 0.15) is 0 Å². The Balaban J connectivity index is 1.45. The van der Waals surface area contributed by atoms with Crippen LogP contribution in [0.25, 0.3) is 87.6 Å². The van der Waals surface area contributed by atoms with Crippen LogP contribution in [-0.2, 0) is 12.4 Å². The van der Waals surface area contributed by atoms with Crippen molar-refractivity contribution in [3.8, 4) is 44.5 Å². The molecule has 9 aromatic carbocycles. The van der Waals surface area contributed by atoms with Gasteiger partial charge in [-0.15, -0.1) is 0 Å². The van der Waals surface area contributed by atoms with E-state index in [2.05, 4.69) is 12.1 Å². The Bertz CT molecular complexity index is 2710. The van der Waals surface area contributed by atoms with Gasteiger partial charge >= 0.3 is 12.4 Å². The van der Waals surface area contributed by atoms with Crippen LogP contribution in [0.3, 0.4) is 0 Å². The van der Waals surface area contributed by atoms with Crippen molar-refractivity contribution in [2.24, 2.45) is 0 Å². The van der Waals surface area contributed by atoms with E-state index in [1.54, 1.807) is 12.1 Å². The highest BCUT2D eigenvalue weighted by Crippen LogP contribution is 2.49. The van der Waals surface area contributed by atoms with Crippen molar-refractivity contribution in [2.75, 3.05) is 0 Å². The van der Waals surface area contributed by atoms with Gasteiger partial charge in [-0.05, 0) is 124 Å². The molecule has 0 aliphatic rings. The van der Waals surface area contributed by atoms with E-state index in [-0.39, 0.29) is 0 Å². The molecular weight excluding hydrogens is 691 g/mol. The average Bonchev–Trinajstić information content (AvgIpc) is 3.19. The summed E-state index contributed by atoms with van der Waals surface area (Å²) in [6.45, 7) is 0. The SMILES string of the molecule is FC(F)(F)c1cccc(-c2ccc3c(-c4cccc5ccccc45)c4cc(-c5cccc(C(F)(F)F)c5)ccc4c(-c4cccc5ccccc45)c3c2)c1. The zero-order valence-electron chi connectivity index (χ0n) is 28.4. The fraction of sp³-hybridized carbons (Fsp3) is 0.0417. The molecule has 0 heterocycles. The first-order valence-corrected chi connectivity index (χ1v) is 17.4. The van der Waals surface area contributed by atoms with Gasteiger partial charge in [0.25, 0.3) is 0 Å². The molecule has 6 heteroatoms. The summed E-state index contributed by atoms with van der Waals surface area (Å²) < 4.78 is 83.4. The van der Waals surface area contributed by atoms with E-state index in [0.717, 1.165) is 77.5 Å². The summed E-state index contributed by atoms with van der Waals surface area (Å²) in [6.07, 6.45) is -9.01. The summed E-state index contributed by atoms with van der Waals surface area (Å²) >= 11 is 0. The highest BCUT2D eigenvalue weighted by atomic mass is 19.4.